The van der Waals surface area contributed by atoms with Crippen LogP contribution in [0.1, 0.15) is 44.0 Å². The lowest BCUT2D eigenvalue weighted by Crippen LogP contribution is -2.53. The fourth-order valence-corrected chi connectivity index (χ4v) is 6.45. The van der Waals surface area contributed by atoms with E-state index in [4.69, 9.17) is 4.74 Å². The van der Waals surface area contributed by atoms with Gasteiger partial charge in [0.2, 0.25) is 5.95 Å². The summed E-state index contributed by atoms with van der Waals surface area (Å²) in [5.74, 6) is -0.403. The highest BCUT2D eigenvalue weighted by Gasteiger charge is 2.36. The first-order chi connectivity index (χ1) is 22.0. The molecule has 1 aromatic carbocycles. The number of thiophene rings is 1. The van der Waals surface area contributed by atoms with Crippen LogP contribution in [0.2, 0.25) is 0 Å². The standard InChI is InChI=1S/C32H34FN9O3S/c1-32(2,3)45-31(44)41-14-6-7-20(17-41)42(29(43)21-9-8-19(15-23(21)33)25-18-40(5)39-38-25)28-22-16-27(46-26(22)11-13-35-28)24-10-12-36-30(34-4)37-24/h8-13,15-16,18,20H,6-7,14,17H2,1-5H3,(H,34,36,37)/t20-/m1/s1. The van der Waals surface area contributed by atoms with Gasteiger partial charge in [-0.1, -0.05) is 11.3 Å². The van der Waals surface area contributed by atoms with Gasteiger partial charge in [-0.2, -0.15) is 0 Å². The first-order valence-electron chi connectivity index (χ1n) is 14.9. The number of hydrogen-bond donors (Lipinski definition) is 1. The van der Waals surface area contributed by atoms with E-state index >= 15 is 4.39 Å². The number of piperidine rings is 1. The highest BCUT2D eigenvalue weighted by molar-refractivity contribution is 7.22. The first kappa shape index (κ1) is 31.0. The Kier molecular flexibility index (Phi) is 8.38. The van der Waals surface area contributed by atoms with Crippen LogP contribution in [0.25, 0.3) is 31.9 Å². The maximum atomic E-state index is 15.8. The minimum atomic E-state index is -0.697. The second-order valence-corrected chi connectivity index (χ2v) is 13.1. The number of halogens is 1. The van der Waals surface area contributed by atoms with Crippen molar-refractivity contribution in [3.8, 4) is 21.8 Å². The second-order valence-electron chi connectivity index (χ2n) is 12.0. The zero-order valence-electron chi connectivity index (χ0n) is 26.2. The monoisotopic (exact) mass is 643 g/mol. The molecule has 46 heavy (non-hydrogen) atoms. The average molecular weight is 644 g/mol. The van der Waals surface area contributed by atoms with Crippen molar-refractivity contribution in [3.05, 3.63) is 66.4 Å². The Morgan fingerprint density at radius 3 is 2.63 bits per heavy atom. The van der Waals surface area contributed by atoms with Gasteiger partial charge in [-0.15, -0.1) is 16.4 Å². The zero-order chi connectivity index (χ0) is 32.6. The smallest absolute Gasteiger partial charge is 0.410 e. The van der Waals surface area contributed by atoms with Crippen LogP contribution in [0.3, 0.4) is 0 Å². The van der Waals surface area contributed by atoms with Crippen LogP contribution in [0.15, 0.2) is 55.0 Å². The molecule has 1 fully saturated rings. The normalized spacial score (nSPS) is 15.2. The number of benzene rings is 1. The van der Waals surface area contributed by atoms with Gasteiger partial charge in [0.05, 0.1) is 28.4 Å². The van der Waals surface area contributed by atoms with Crippen molar-refractivity contribution in [1.29, 1.82) is 0 Å². The minimum absolute atomic E-state index is 0.120. The summed E-state index contributed by atoms with van der Waals surface area (Å²) in [6, 6.07) is 9.53. The molecule has 1 aliphatic rings. The summed E-state index contributed by atoms with van der Waals surface area (Å²) in [6.07, 6.45) is 5.73. The molecule has 5 aromatic rings. The third-order valence-corrected chi connectivity index (χ3v) is 8.64. The Bertz CT molecular complexity index is 1920. The molecule has 0 spiro atoms. The first-order valence-corrected chi connectivity index (χ1v) is 15.7. The molecular formula is C32H34FN9O3S. The highest BCUT2D eigenvalue weighted by Crippen LogP contribution is 2.39. The topological polar surface area (TPSA) is 131 Å². The molecule has 0 saturated carbocycles. The van der Waals surface area contributed by atoms with Gasteiger partial charge in [-0.05, 0) is 63.9 Å². The number of fused-ring (bicyclic) bond motifs is 1. The molecule has 0 unspecified atom stereocenters. The Hall–Kier alpha value is -4.98. The predicted octanol–water partition coefficient (Wildman–Crippen LogP) is 5.78. The number of carbonyl (C=O) groups excluding carboxylic acids is 2. The molecule has 0 bridgehead atoms. The lowest BCUT2D eigenvalue weighted by Gasteiger charge is -2.39. The number of carbonyl (C=O) groups is 2. The number of ether oxygens (including phenoxy) is 1. The van der Waals surface area contributed by atoms with E-state index in [1.54, 1.807) is 43.7 Å². The van der Waals surface area contributed by atoms with Crippen molar-refractivity contribution in [2.45, 2.75) is 45.3 Å². The minimum Gasteiger partial charge on any atom is -0.444 e. The summed E-state index contributed by atoms with van der Waals surface area (Å²) >= 11 is 1.50. The number of hydrogen-bond acceptors (Lipinski definition) is 10. The van der Waals surface area contributed by atoms with Gasteiger partial charge in [0.1, 0.15) is 22.9 Å². The Morgan fingerprint density at radius 1 is 1.11 bits per heavy atom. The Balaban J connectivity index is 1.43. The lowest BCUT2D eigenvalue weighted by atomic mass is 10.0. The third kappa shape index (κ3) is 6.38. The molecule has 12 nitrogen and oxygen atoms in total. The number of aryl methyl sites for hydroxylation is 1. The molecule has 238 valence electrons. The van der Waals surface area contributed by atoms with Gasteiger partial charge in [-0.3, -0.25) is 14.4 Å². The molecule has 1 aliphatic heterocycles. The molecule has 6 rings (SSSR count). The summed E-state index contributed by atoms with van der Waals surface area (Å²) in [6.45, 7) is 6.12. The van der Waals surface area contributed by atoms with E-state index < -0.39 is 29.5 Å². The van der Waals surface area contributed by atoms with E-state index in [-0.39, 0.29) is 12.1 Å². The van der Waals surface area contributed by atoms with E-state index in [1.807, 2.05) is 39.0 Å². The fourth-order valence-electron chi connectivity index (χ4n) is 5.43. The van der Waals surface area contributed by atoms with Crippen LogP contribution in [0, 0.1) is 5.82 Å². The maximum Gasteiger partial charge on any atom is 0.410 e. The predicted molar refractivity (Wildman–Crippen MR) is 174 cm³/mol. The molecular weight excluding hydrogens is 609 g/mol. The van der Waals surface area contributed by atoms with E-state index in [9.17, 15) is 9.59 Å². The third-order valence-electron chi connectivity index (χ3n) is 7.51. The maximum absolute atomic E-state index is 15.8. The molecule has 2 amide bonds. The van der Waals surface area contributed by atoms with Crippen LogP contribution in [-0.4, -0.2) is 78.6 Å². The van der Waals surface area contributed by atoms with Gasteiger partial charge >= 0.3 is 6.09 Å². The number of amides is 2. The van der Waals surface area contributed by atoms with Crippen molar-refractivity contribution in [1.82, 2.24) is 34.8 Å². The van der Waals surface area contributed by atoms with Gasteiger partial charge in [0.15, 0.2) is 0 Å². The molecule has 1 saturated heterocycles. The Labute approximate surface area is 269 Å². The van der Waals surface area contributed by atoms with Crippen LogP contribution < -0.4 is 10.2 Å². The van der Waals surface area contributed by atoms with Gasteiger partial charge in [-0.25, -0.2) is 24.1 Å². The molecule has 1 atom stereocenters. The van der Waals surface area contributed by atoms with E-state index in [0.29, 0.717) is 53.5 Å². The summed E-state index contributed by atoms with van der Waals surface area (Å²) in [5, 5.41) is 11.7. The van der Waals surface area contributed by atoms with Crippen molar-refractivity contribution >= 4 is 45.2 Å². The van der Waals surface area contributed by atoms with Crippen LogP contribution in [-0.2, 0) is 11.8 Å². The molecule has 14 heteroatoms. The lowest BCUT2D eigenvalue weighted by molar-refractivity contribution is 0.0196. The number of anilines is 2. The average Bonchev–Trinajstić information content (AvgIpc) is 3.67. The number of nitrogens with one attached hydrogen (secondary N) is 1. The van der Waals surface area contributed by atoms with Crippen molar-refractivity contribution < 1.29 is 18.7 Å². The SMILES string of the molecule is CNc1nccc(-c2cc3c(N(C(=O)c4ccc(-c5cn(C)nn5)cc4F)[C@@H]4CCCN(C(=O)OC(C)(C)C)C4)nccc3s2)n1. The molecule has 1 N–H and O–H groups in total. The zero-order valence-corrected chi connectivity index (χ0v) is 27.0. The van der Waals surface area contributed by atoms with Crippen molar-refractivity contribution in [3.63, 3.8) is 0 Å². The molecule has 5 heterocycles. The number of nitrogens with zero attached hydrogens (tertiary/aromatic N) is 8. The van der Waals surface area contributed by atoms with Crippen LogP contribution >= 0.6 is 11.3 Å². The Morgan fingerprint density at radius 2 is 1.91 bits per heavy atom. The summed E-state index contributed by atoms with van der Waals surface area (Å²) in [4.78, 5) is 45.1. The molecule has 0 aliphatic carbocycles. The summed E-state index contributed by atoms with van der Waals surface area (Å²) in [7, 11) is 3.47. The van der Waals surface area contributed by atoms with Crippen molar-refractivity contribution in [2.75, 3.05) is 30.4 Å². The van der Waals surface area contributed by atoms with Gasteiger partial charge in [0.25, 0.3) is 5.91 Å². The number of likely N-dealkylation sites (tertiary alicyclic amines) is 1. The van der Waals surface area contributed by atoms with Crippen LogP contribution in [0.4, 0.5) is 21.0 Å². The van der Waals surface area contributed by atoms with Gasteiger partial charge in [0, 0.05) is 55.2 Å². The summed E-state index contributed by atoms with van der Waals surface area (Å²) < 4.78 is 23.9. The number of aromatic nitrogens is 6. The molecule has 0 radical (unpaired) electrons. The quantitative estimate of drug-likeness (QED) is 0.245. The van der Waals surface area contributed by atoms with Gasteiger partial charge < -0.3 is 15.0 Å². The van der Waals surface area contributed by atoms with Crippen LogP contribution in [0.5, 0.6) is 0 Å². The fraction of sp³-hybridized carbons (Fsp3) is 0.344. The largest absolute Gasteiger partial charge is 0.444 e. The van der Waals surface area contributed by atoms with E-state index in [2.05, 4.69) is 30.6 Å². The number of pyridine rings is 1. The van der Waals surface area contributed by atoms with E-state index in [1.165, 1.54) is 33.1 Å². The number of rotatable bonds is 6. The van der Waals surface area contributed by atoms with E-state index in [0.717, 1.165) is 9.58 Å². The van der Waals surface area contributed by atoms with Crippen molar-refractivity contribution in [2.24, 2.45) is 7.05 Å². The molecule has 4 aromatic heterocycles. The second kappa shape index (κ2) is 12.4. The summed E-state index contributed by atoms with van der Waals surface area (Å²) in [5.41, 5.74) is 0.897. The highest BCUT2D eigenvalue weighted by atomic mass is 32.1.